The van der Waals surface area contributed by atoms with E-state index >= 15 is 0 Å². The van der Waals surface area contributed by atoms with Crippen molar-refractivity contribution in [3.63, 3.8) is 0 Å². The van der Waals surface area contributed by atoms with Gasteiger partial charge in [0, 0.05) is 25.7 Å². The third kappa shape index (κ3) is 5.03. The van der Waals surface area contributed by atoms with Gasteiger partial charge in [0.1, 0.15) is 6.61 Å². The summed E-state index contributed by atoms with van der Waals surface area (Å²) in [5.41, 5.74) is 0. The molecule has 0 aliphatic rings. The lowest BCUT2D eigenvalue weighted by Gasteiger charge is -2.19. The Morgan fingerprint density at radius 3 is 2.11 bits per heavy atom. The van der Waals surface area contributed by atoms with Crippen LogP contribution in [0, 0.1) is 0 Å². The highest BCUT2D eigenvalue weighted by molar-refractivity contribution is 5.37. The summed E-state index contributed by atoms with van der Waals surface area (Å²) in [6, 6.07) is 3.86. The summed E-state index contributed by atoms with van der Waals surface area (Å²) in [6.45, 7) is 14.1. The van der Waals surface area contributed by atoms with Gasteiger partial charge < -0.3 is 14.5 Å². The number of nitrogens with zero attached hydrogens (tertiary/aromatic N) is 4. The Labute approximate surface area is 116 Å². The third-order valence-electron chi connectivity index (χ3n) is 3.27. The second-order valence-electron chi connectivity index (χ2n) is 4.28. The molecular weight excluding hydrogens is 240 g/mol. The van der Waals surface area contributed by atoms with Crippen LogP contribution >= 0.6 is 0 Å². The molecule has 0 aromatic carbocycles. The molecule has 108 valence electrons. The highest BCUT2D eigenvalue weighted by Gasteiger charge is 2.05. The second kappa shape index (κ2) is 8.69. The number of anilines is 1. The molecule has 0 aliphatic carbocycles. The van der Waals surface area contributed by atoms with E-state index in [4.69, 9.17) is 4.74 Å². The van der Waals surface area contributed by atoms with Crippen LogP contribution in [0.15, 0.2) is 12.1 Å². The Bertz CT molecular complexity index is 334. The highest BCUT2D eigenvalue weighted by Crippen LogP contribution is 2.12. The van der Waals surface area contributed by atoms with Crippen LogP contribution in [0.3, 0.4) is 0 Å². The molecule has 0 amide bonds. The van der Waals surface area contributed by atoms with Gasteiger partial charge in [0.15, 0.2) is 5.82 Å². The van der Waals surface area contributed by atoms with Gasteiger partial charge in [0.2, 0.25) is 5.88 Å². The Morgan fingerprint density at radius 2 is 1.63 bits per heavy atom. The van der Waals surface area contributed by atoms with E-state index in [2.05, 4.69) is 47.7 Å². The minimum atomic E-state index is 0.600. The van der Waals surface area contributed by atoms with E-state index in [1.54, 1.807) is 0 Å². The lowest BCUT2D eigenvalue weighted by molar-refractivity contribution is 0.216. The third-order valence-corrected chi connectivity index (χ3v) is 3.27. The fraction of sp³-hybridized carbons (Fsp3) is 0.714. The summed E-state index contributed by atoms with van der Waals surface area (Å²) < 4.78 is 5.61. The van der Waals surface area contributed by atoms with Gasteiger partial charge in [-0.05, 0) is 33.0 Å². The van der Waals surface area contributed by atoms with Crippen molar-refractivity contribution in [1.29, 1.82) is 0 Å². The quantitative estimate of drug-likeness (QED) is 0.684. The van der Waals surface area contributed by atoms with Crippen molar-refractivity contribution < 1.29 is 4.74 Å². The molecule has 0 bridgehead atoms. The molecule has 5 heteroatoms. The van der Waals surface area contributed by atoms with Gasteiger partial charge in [-0.25, -0.2) is 0 Å². The van der Waals surface area contributed by atoms with Gasteiger partial charge in [0.25, 0.3) is 0 Å². The van der Waals surface area contributed by atoms with E-state index in [0.29, 0.717) is 12.5 Å². The first-order valence-electron chi connectivity index (χ1n) is 7.18. The van der Waals surface area contributed by atoms with Crippen molar-refractivity contribution in [2.45, 2.75) is 27.7 Å². The van der Waals surface area contributed by atoms with E-state index in [1.165, 1.54) is 0 Å². The molecule has 0 unspecified atom stereocenters. The SMILES string of the molecule is CCN(CC)CCOc1ccc(N(CC)CC)nn1. The molecule has 0 spiro atoms. The van der Waals surface area contributed by atoms with Gasteiger partial charge in [-0.15, -0.1) is 10.2 Å². The highest BCUT2D eigenvalue weighted by atomic mass is 16.5. The first kappa shape index (κ1) is 15.7. The minimum Gasteiger partial charge on any atom is -0.475 e. The number of aromatic nitrogens is 2. The molecule has 0 aliphatic heterocycles. The summed E-state index contributed by atoms with van der Waals surface area (Å²) in [6.07, 6.45) is 0. The minimum absolute atomic E-state index is 0.600. The van der Waals surface area contributed by atoms with Crippen molar-refractivity contribution in [1.82, 2.24) is 15.1 Å². The largest absolute Gasteiger partial charge is 0.475 e. The van der Waals surface area contributed by atoms with Crippen molar-refractivity contribution in [2.24, 2.45) is 0 Å². The smallest absolute Gasteiger partial charge is 0.233 e. The van der Waals surface area contributed by atoms with Gasteiger partial charge in [-0.1, -0.05) is 13.8 Å². The Morgan fingerprint density at radius 1 is 0.947 bits per heavy atom. The number of likely N-dealkylation sites (N-methyl/N-ethyl adjacent to an activating group) is 1. The topological polar surface area (TPSA) is 41.5 Å². The summed E-state index contributed by atoms with van der Waals surface area (Å²) in [7, 11) is 0. The zero-order valence-corrected chi connectivity index (χ0v) is 12.6. The molecular formula is C14H26N4O. The van der Waals surface area contributed by atoms with Crippen LogP contribution in [0.1, 0.15) is 27.7 Å². The lowest BCUT2D eigenvalue weighted by Crippen LogP contribution is -2.28. The van der Waals surface area contributed by atoms with Crippen molar-refractivity contribution >= 4 is 5.82 Å². The summed E-state index contributed by atoms with van der Waals surface area (Å²) in [5.74, 6) is 1.50. The number of hydrogen-bond donors (Lipinski definition) is 0. The van der Waals surface area contributed by atoms with Gasteiger partial charge in [-0.2, -0.15) is 0 Å². The first-order chi connectivity index (χ1) is 9.24. The summed E-state index contributed by atoms with van der Waals surface area (Å²) >= 11 is 0. The molecule has 1 heterocycles. The number of ether oxygens (including phenoxy) is 1. The van der Waals surface area contributed by atoms with Crippen molar-refractivity contribution in [3.05, 3.63) is 12.1 Å². The zero-order valence-electron chi connectivity index (χ0n) is 12.6. The second-order valence-corrected chi connectivity index (χ2v) is 4.28. The fourth-order valence-corrected chi connectivity index (χ4v) is 1.93. The van der Waals surface area contributed by atoms with E-state index in [1.807, 2.05) is 12.1 Å². The van der Waals surface area contributed by atoms with Crippen molar-refractivity contribution in [3.8, 4) is 5.88 Å². The van der Waals surface area contributed by atoms with Crippen LogP contribution < -0.4 is 9.64 Å². The standard InChI is InChI=1S/C14H26N4O/c1-5-17(6-2)11-12-19-14-10-9-13(15-16-14)18(7-3)8-4/h9-10H,5-8,11-12H2,1-4H3. The van der Waals surface area contributed by atoms with Crippen LogP contribution in [0.25, 0.3) is 0 Å². The maximum Gasteiger partial charge on any atom is 0.233 e. The van der Waals surface area contributed by atoms with Crippen LogP contribution in [-0.4, -0.2) is 54.4 Å². The molecule has 1 aromatic heterocycles. The molecule has 0 saturated heterocycles. The first-order valence-corrected chi connectivity index (χ1v) is 7.18. The molecule has 1 aromatic rings. The Kier molecular flexibility index (Phi) is 7.18. The van der Waals surface area contributed by atoms with Gasteiger partial charge in [0.05, 0.1) is 0 Å². The maximum atomic E-state index is 5.61. The maximum absolute atomic E-state index is 5.61. The van der Waals surface area contributed by atoms with Crippen LogP contribution in [0.2, 0.25) is 0 Å². The summed E-state index contributed by atoms with van der Waals surface area (Å²) in [4.78, 5) is 4.48. The predicted octanol–water partition coefficient (Wildman–Crippen LogP) is 2.04. The molecule has 1 rings (SSSR count). The normalized spacial score (nSPS) is 10.8. The monoisotopic (exact) mass is 266 g/mol. The van der Waals surface area contributed by atoms with Crippen molar-refractivity contribution in [2.75, 3.05) is 44.2 Å². The van der Waals surface area contributed by atoms with Crippen LogP contribution in [0.5, 0.6) is 5.88 Å². The van der Waals surface area contributed by atoms with E-state index < -0.39 is 0 Å². The Hall–Kier alpha value is -1.36. The average molecular weight is 266 g/mol. The van der Waals surface area contributed by atoms with Crippen LogP contribution in [0.4, 0.5) is 5.82 Å². The Balaban J connectivity index is 2.44. The molecule has 5 nitrogen and oxygen atoms in total. The number of hydrogen-bond acceptors (Lipinski definition) is 5. The van der Waals surface area contributed by atoms with Gasteiger partial charge in [-0.3, -0.25) is 0 Å². The zero-order chi connectivity index (χ0) is 14.1. The van der Waals surface area contributed by atoms with E-state index in [9.17, 15) is 0 Å². The molecule has 0 fully saturated rings. The molecule has 0 saturated carbocycles. The molecule has 0 atom stereocenters. The van der Waals surface area contributed by atoms with E-state index in [-0.39, 0.29) is 0 Å². The molecule has 0 N–H and O–H groups in total. The van der Waals surface area contributed by atoms with Crippen LogP contribution in [-0.2, 0) is 0 Å². The van der Waals surface area contributed by atoms with E-state index in [0.717, 1.165) is 38.5 Å². The van der Waals surface area contributed by atoms with Gasteiger partial charge >= 0.3 is 0 Å². The predicted molar refractivity (Wildman–Crippen MR) is 78.9 cm³/mol. The molecule has 0 radical (unpaired) electrons. The fourth-order valence-electron chi connectivity index (χ4n) is 1.93. The summed E-state index contributed by atoms with van der Waals surface area (Å²) in [5, 5.41) is 8.31. The lowest BCUT2D eigenvalue weighted by atomic mass is 10.4. The molecule has 19 heavy (non-hydrogen) atoms. The average Bonchev–Trinajstić information content (AvgIpc) is 2.46. The number of rotatable bonds is 9.